The molecule has 0 spiro atoms. The van der Waals surface area contributed by atoms with Gasteiger partial charge in [0.1, 0.15) is 0 Å². The third kappa shape index (κ3) is 4.40. The van der Waals surface area contributed by atoms with E-state index in [1.165, 1.54) is 61.0 Å². The van der Waals surface area contributed by atoms with Gasteiger partial charge >= 0.3 is 0 Å². The molecule has 0 bridgehead atoms. The van der Waals surface area contributed by atoms with Gasteiger partial charge in [0.05, 0.1) is 11.1 Å². The zero-order chi connectivity index (χ0) is 31.9. The minimum Gasteiger partial charge on any atom is -0.310 e. The van der Waals surface area contributed by atoms with Crippen LogP contribution in [0.3, 0.4) is 0 Å². The average Bonchev–Trinajstić information content (AvgIpc) is 3.48. The van der Waals surface area contributed by atoms with Gasteiger partial charge in [0.15, 0.2) is 0 Å². The molecule has 0 saturated heterocycles. The molecule has 48 heavy (non-hydrogen) atoms. The van der Waals surface area contributed by atoms with Gasteiger partial charge in [-0.15, -0.1) is 0 Å². The van der Waals surface area contributed by atoms with Crippen molar-refractivity contribution in [2.24, 2.45) is 0 Å². The van der Waals surface area contributed by atoms with Crippen LogP contribution in [0.2, 0.25) is 0 Å². The van der Waals surface area contributed by atoms with Gasteiger partial charge in [0.25, 0.3) is 0 Å². The highest BCUT2D eigenvalue weighted by atomic mass is 15.1. The molecule has 1 heteroatoms. The quantitative estimate of drug-likeness (QED) is 0.181. The standard InChI is InChI=1S/C47H33N/c1-4-15-34(16-5-1)36-27-30-40(31-28-36)48(41-32-29-35-17-10-11-18-37(35)33-41)45-26-14-24-43-42-23-12-13-25-44(42)47(46(43)45,38-19-6-2-7-20-38)39-21-8-3-9-22-39/h1-33H. The molecule has 1 aliphatic rings. The first-order chi connectivity index (χ1) is 23.8. The lowest BCUT2D eigenvalue weighted by Gasteiger charge is -2.38. The minimum absolute atomic E-state index is 0.524. The monoisotopic (exact) mass is 611 g/mol. The van der Waals surface area contributed by atoms with Crippen molar-refractivity contribution in [1.82, 2.24) is 0 Å². The van der Waals surface area contributed by atoms with Crippen LogP contribution in [-0.4, -0.2) is 0 Å². The Kier molecular flexibility index (Phi) is 6.76. The molecule has 0 saturated carbocycles. The fourth-order valence-corrected chi connectivity index (χ4v) is 7.84. The predicted molar refractivity (Wildman–Crippen MR) is 201 cm³/mol. The van der Waals surface area contributed by atoms with Gasteiger partial charge in [-0.05, 0) is 80.0 Å². The fourth-order valence-electron chi connectivity index (χ4n) is 7.84. The molecule has 9 rings (SSSR count). The third-order valence-electron chi connectivity index (χ3n) is 9.92. The summed E-state index contributed by atoms with van der Waals surface area (Å²) in [6.45, 7) is 0. The van der Waals surface area contributed by atoms with Gasteiger partial charge in [-0.2, -0.15) is 0 Å². The van der Waals surface area contributed by atoms with Crippen LogP contribution in [0, 0.1) is 0 Å². The van der Waals surface area contributed by atoms with E-state index in [-0.39, 0.29) is 0 Å². The van der Waals surface area contributed by atoms with Gasteiger partial charge in [-0.1, -0.05) is 170 Å². The molecule has 0 heterocycles. The summed E-state index contributed by atoms with van der Waals surface area (Å²) in [5.41, 5.74) is 13.0. The summed E-state index contributed by atoms with van der Waals surface area (Å²) in [5.74, 6) is 0. The normalized spacial score (nSPS) is 12.8. The smallest absolute Gasteiger partial charge is 0.0734 e. The predicted octanol–water partition coefficient (Wildman–Crippen LogP) is 12.3. The molecule has 8 aromatic rings. The van der Waals surface area contributed by atoms with E-state index in [1.807, 2.05) is 0 Å². The number of benzene rings is 8. The fraction of sp³-hybridized carbons (Fsp3) is 0.0213. The van der Waals surface area contributed by atoms with Crippen LogP contribution in [0.4, 0.5) is 17.1 Å². The summed E-state index contributed by atoms with van der Waals surface area (Å²) < 4.78 is 0. The lowest BCUT2D eigenvalue weighted by atomic mass is 9.67. The Labute approximate surface area is 282 Å². The molecular formula is C47H33N. The lowest BCUT2D eigenvalue weighted by molar-refractivity contribution is 0.768. The number of nitrogens with zero attached hydrogens (tertiary/aromatic N) is 1. The van der Waals surface area contributed by atoms with Crippen molar-refractivity contribution in [3.8, 4) is 22.3 Å². The molecule has 1 nitrogen and oxygen atoms in total. The SMILES string of the molecule is c1ccc(-c2ccc(N(c3ccc4ccccc4c3)c3cccc4c3C(c3ccccc3)(c3ccccc3)c3ccccc3-4)cc2)cc1. The van der Waals surface area contributed by atoms with Gasteiger partial charge in [-0.3, -0.25) is 0 Å². The van der Waals surface area contributed by atoms with Crippen LogP contribution in [0.15, 0.2) is 200 Å². The van der Waals surface area contributed by atoms with E-state index in [2.05, 4.69) is 205 Å². The molecule has 0 atom stereocenters. The zero-order valence-corrected chi connectivity index (χ0v) is 26.5. The summed E-state index contributed by atoms with van der Waals surface area (Å²) in [6.07, 6.45) is 0. The van der Waals surface area contributed by atoms with Gasteiger partial charge < -0.3 is 4.90 Å². The molecule has 1 aliphatic carbocycles. The maximum absolute atomic E-state index is 2.46. The number of rotatable bonds is 6. The van der Waals surface area contributed by atoms with E-state index < -0.39 is 5.41 Å². The number of hydrogen-bond donors (Lipinski definition) is 0. The molecule has 0 amide bonds. The van der Waals surface area contributed by atoms with Gasteiger partial charge in [-0.25, -0.2) is 0 Å². The largest absolute Gasteiger partial charge is 0.310 e. The maximum Gasteiger partial charge on any atom is 0.0734 e. The molecule has 0 radical (unpaired) electrons. The van der Waals surface area contributed by atoms with Crippen molar-refractivity contribution >= 4 is 27.8 Å². The molecule has 0 unspecified atom stereocenters. The Morgan fingerprint density at radius 1 is 0.354 bits per heavy atom. The molecule has 226 valence electrons. The lowest BCUT2D eigenvalue weighted by Crippen LogP contribution is -2.30. The Hall–Kier alpha value is -6.18. The molecule has 0 fully saturated rings. The highest BCUT2D eigenvalue weighted by molar-refractivity contribution is 5.96. The molecule has 0 N–H and O–H groups in total. The highest BCUT2D eigenvalue weighted by Gasteiger charge is 2.48. The van der Waals surface area contributed by atoms with E-state index in [0.29, 0.717) is 0 Å². The maximum atomic E-state index is 2.46. The van der Waals surface area contributed by atoms with E-state index >= 15 is 0 Å². The van der Waals surface area contributed by atoms with Crippen LogP contribution in [-0.2, 0) is 5.41 Å². The second kappa shape index (κ2) is 11.6. The summed E-state index contributed by atoms with van der Waals surface area (Å²) in [7, 11) is 0. The average molecular weight is 612 g/mol. The van der Waals surface area contributed by atoms with E-state index in [1.54, 1.807) is 0 Å². The second-order valence-corrected chi connectivity index (χ2v) is 12.5. The molecule has 0 aromatic heterocycles. The first-order valence-electron chi connectivity index (χ1n) is 16.6. The van der Waals surface area contributed by atoms with Crippen LogP contribution in [0.5, 0.6) is 0 Å². The van der Waals surface area contributed by atoms with Crippen molar-refractivity contribution in [3.63, 3.8) is 0 Å². The Bertz CT molecular complexity index is 2340. The van der Waals surface area contributed by atoms with Crippen molar-refractivity contribution in [1.29, 1.82) is 0 Å². The van der Waals surface area contributed by atoms with Gasteiger partial charge in [0, 0.05) is 16.9 Å². The van der Waals surface area contributed by atoms with Crippen molar-refractivity contribution < 1.29 is 0 Å². The number of anilines is 3. The molecular weight excluding hydrogens is 579 g/mol. The van der Waals surface area contributed by atoms with E-state index in [9.17, 15) is 0 Å². The second-order valence-electron chi connectivity index (χ2n) is 12.5. The summed E-state index contributed by atoms with van der Waals surface area (Å²) in [4.78, 5) is 2.46. The van der Waals surface area contributed by atoms with Crippen LogP contribution < -0.4 is 4.90 Å². The summed E-state index contributed by atoms with van der Waals surface area (Å²) in [5, 5.41) is 2.45. The molecule has 8 aromatic carbocycles. The first-order valence-corrected chi connectivity index (χ1v) is 16.6. The number of hydrogen-bond acceptors (Lipinski definition) is 1. The number of fused-ring (bicyclic) bond motifs is 4. The van der Waals surface area contributed by atoms with Gasteiger partial charge in [0.2, 0.25) is 0 Å². The summed E-state index contributed by atoms with van der Waals surface area (Å²) in [6, 6.07) is 73.0. The Morgan fingerprint density at radius 3 is 1.60 bits per heavy atom. The van der Waals surface area contributed by atoms with Crippen LogP contribution in [0.25, 0.3) is 33.0 Å². The first kappa shape index (κ1) is 28.1. The van der Waals surface area contributed by atoms with E-state index in [0.717, 1.165) is 11.4 Å². The Balaban J connectivity index is 1.36. The zero-order valence-electron chi connectivity index (χ0n) is 26.5. The topological polar surface area (TPSA) is 3.24 Å². The van der Waals surface area contributed by atoms with Crippen molar-refractivity contribution in [2.45, 2.75) is 5.41 Å². The van der Waals surface area contributed by atoms with Crippen molar-refractivity contribution in [3.05, 3.63) is 222 Å². The van der Waals surface area contributed by atoms with Crippen LogP contribution in [0.1, 0.15) is 22.3 Å². The van der Waals surface area contributed by atoms with Crippen molar-refractivity contribution in [2.75, 3.05) is 4.90 Å². The van der Waals surface area contributed by atoms with Crippen LogP contribution >= 0.6 is 0 Å². The molecule has 0 aliphatic heterocycles. The Morgan fingerprint density at radius 2 is 0.896 bits per heavy atom. The third-order valence-corrected chi connectivity index (χ3v) is 9.92. The highest BCUT2D eigenvalue weighted by Crippen LogP contribution is 2.60. The summed E-state index contributed by atoms with van der Waals surface area (Å²) >= 11 is 0. The minimum atomic E-state index is -0.524. The van der Waals surface area contributed by atoms with E-state index in [4.69, 9.17) is 0 Å².